The molecule has 1 aliphatic heterocycles. The van der Waals surface area contributed by atoms with Crippen LogP contribution in [0.4, 0.5) is 0 Å². The number of carbonyl (C=O) groups excluding carboxylic acids is 1. The summed E-state index contributed by atoms with van der Waals surface area (Å²) in [5.74, 6) is 2.61. The fourth-order valence-electron chi connectivity index (χ4n) is 1.80. The van der Waals surface area contributed by atoms with Crippen LogP contribution in [0.5, 0.6) is 0 Å². The summed E-state index contributed by atoms with van der Waals surface area (Å²) in [4.78, 5) is 13.5. The predicted octanol–water partition coefficient (Wildman–Crippen LogP) is 0.895. The van der Waals surface area contributed by atoms with Gasteiger partial charge >= 0.3 is 5.97 Å². The lowest BCUT2D eigenvalue weighted by atomic mass is 10.1. The Kier molecular flexibility index (Phi) is 4.48. The molecule has 0 saturated carbocycles. The molecule has 1 saturated heterocycles. The first-order chi connectivity index (χ1) is 6.77. The molecule has 3 nitrogen and oxygen atoms in total. The van der Waals surface area contributed by atoms with Gasteiger partial charge in [-0.2, -0.15) is 0 Å². The van der Waals surface area contributed by atoms with Crippen molar-refractivity contribution in [3.63, 3.8) is 0 Å². The number of methoxy groups -OCH3 is 1. The van der Waals surface area contributed by atoms with Gasteiger partial charge in [0.15, 0.2) is 0 Å². The van der Waals surface area contributed by atoms with Gasteiger partial charge < -0.3 is 9.64 Å². The van der Waals surface area contributed by atoms with Crippen LogP contribution < -0.4 is 0 Å². The first kappa shape index (κ1) is 11.1. The number of hydrogen-bond donors (Lipinski definition) is 0. The van der Waals surface area contributed by atoms with Crippen LogP contribution >= 0.6 is 0 Å². The zero-order valence-electron chi connectivity index (χ0n) is 8.66. The van der Waals surface area contributed by atoms with E-state index < -0.39 is 0 Å². The smallest absolute Gasteiger partial charge is 0.310 e. The van der Waals surface area contributed by atoms with Crippen molar-refractivity contribution < 1.29 is 9.53 Å². The maximum absolute atomic E-state index is 11.2. The number of terminal acetylenes is 1. The molecule has 0 bridgehead atoms. The van der Waals surface area contributed by atoms with E-state index in [1.807, 2.05) is 0 Å². The van der Waals surface area contributed by atoms with E-state index in [4.69, 9.17) is 11.2 Å². The quantitative estimate of drug-likeness (QED) is 0.379. The van der Waals surface area contributed by atoms with Gasteiger partial charge in [-0.15, -0.1) is 12.3 Å². The van der Waals surface area contributed by atoms with Crippen molar-refractivity contribution in [3.8, 4) is 12.3 Å². The molecule has 0 N–H and O–H groups in total. The number of likely N-dealkylation sites (tertiary alicyclic amines) is 1. The maximum atomic E-state index is 11.2. The summed E-state index contributed by atoms with van der Waals surface area (Å²) in [6.07, 6.45) is 7.92. The molecule has 14 heavy (non-hydrogen) atoms. The molecule has 1 rings (SSSR count). The predicted molar refractivity (Wildman–Crippen MR) is 54.6 cm³/mol. The third-order valence-electron chi connectivity index (χ3n) is 2.60. The van der Waals surface area contributed by atoms with E-state index in [1.54, 1.807) is 0 Å². The lowest BCUT2D eigenvalue weighted by Gasteiger charge is -2.14. The van der Waals surface area contributed by atoms with E-state index in [-0.39, 0.29) is 11.9 Å². The summed E-state index contributed by atoms with van der Waals surface area (Å²) < 4.78 is 4.71. The largest absolute Gasteiger partial charge is 0.469 e. The molecule has 1 fully saturated rings. The van der Waals surface area contributed by atoms with E-state index >= 15 is 0 Å². The number of ether oxygens (including phenoxy) is 1. The fourth-order valence-corrected chi connectivity index (χ4v) is 1.80. The third kappa shape index (κ3) is 3.04. The fraction of sp³-hybridized carbons (Fsp3) is 0.727. The van der Waals surface area contributed by atoms with Crippen molar-refractivity contribution in [2.75, 3.05) is 26.7 Å². The first-order valence-corrected chi connectivity index (χ1v) is 5.01. The number of unbranched alkanes of at least 4 members (excludes halogenated alkanes) is 1. The minimum atomic E-state index is -0.0792. The van der Waals surface area contributed by atoms with Crippen molar-refractivity contribution in [2.24, 2.45) is 5.92 Å². The second kappa shape index (κ2) is 5.66. The van der Waals surface area contributed by atoms with Crippen LogP contribution in [0.1, 0.15) is 19.3 Å². The monoisotopic (exact) mass is 195 g/mol. The zero-order chi connectivity index (χ0) is 10.4. The average molecular weight is 195 g/mol. The molecule has 0 aromatic heterocycles. The maximum Gasteiger partial charge on any atom is 0.310 e. The Bertz CT molecular complexity index is 232. The molecule has 0 spiro atoms. The molecule has 0 aromatic rings. The Balaban J connectivity index is 2.21. The summed E-state index contributed by atoms with van der Waals surface area (Å²) in [6, 6.07) is 0. The van der Waals surface area contributed by atoms with Gasteiger partial charge in [0.1, 0.15) is 0 Å². The van der Waals surface area contributed by atoms with Crippen molar-refractivity contribution in [1.82, 2.24) is 4.90 Å². The van der Waals surface area contributed by atoms with Gasteiger partial charge in [-0.05, 0) is 25.9 Å². The standard InChI is InChI=1S/C11H17NO2/c1-3-4-5-7-12-8-6-10(9-12)11(13)14-2/h1,10H,4-9H2,2H3. The van der Waals surface area contributed by atoms with E-state index in [0.29, 0.717) is 0 Å². The SMILES string of the molecule is C#CCCCN1CCC(C(=O)OC)C1. The molecular weight excluding hydrogens is 178 g/mol. The van der Waals surface area contributed by atoms with Crippen LogP contribution in [0.2, 0.25) is 0 Å². The molecule has 0 aliphatic carbocycles. The van der Waals surface area contributed by atoms with E-state index in [9.17, 15) is 4.79 Å². The Labute approximate surface area is 85.4 Å². The molecular formula is C11H17NO2. The van der Waals surface area contributed by atoms with Gasteiger partial charge in [0.05, 0.1) is 13.0 Å². The lowest BCUT2D eigenvalue weighted by Crippen LogP contribution is -2.24. The van der Waals surface area contributed by atoms with E-state index in [0.717, 1.165) is 38.9 Å². The molecule has 1 aliphatic rings. The topological polar surface area (TPSA) is 29.5 Å². The second-order valence-corrected chi connectivity index (χ2v) is 3.62. The van der Waals surface area contributed by atoms with Crippen LogP contribution in [0.25, 0.3) is 0 Å². The minimum absolute atomic E-state index is 0.0748. The van der Waals surface area contributed by atoms with Crippen molar-refractivity contribution >= 4 is 5.97 Å². The summed E-state index contributed by atoms with van der Waals surface area (Å²) in [6.45, 7) is 2.82. The summed E-state index contributed by atoms with van der Waals surface area (Å²) in [7, 11) is 1.45. The molecule has 0 radical (unpaired) electrons. The van der Waals surface area contributed by atoms with Crippen molar-refractivity contribution in [3.05, 3.63) is 0 Å². The summed E-state index contributed by atoms with van der Waals surface area (Å²) >= 11 is 0. The van der Waals surface area contributed by atoms with Gasteiger partial charge in [0, 0.05) is 13.0 Å². The normalized spacial score (nSPS) is 21.9. The van der Waals surface area contributed by atoms with Crippen LogP contribution in [0.3, 0.4) is 0 Å². The minimum Gasteiger partial charge on any atom is -0.469 e. The average Bonchev–Trinajstić information content (AvgIpc) is 2.66. The Morgan fingerprint density at radius 3 is 3.14 bits per heavy atom. The van der Waals surface area contributed by atoms with Crippen LogP contribution in [0, 0.1) is 18.3 Å². The molecule has 1 heterocycles. The number of esters is 1. The summed E-state index contributed by atoms with van der Waals surface area (Å²) in [5, 5.41) is 0. The number of rotatable bonds is 4. The van der Waals surface area contributed by atoms with Gasteiger partial charge in [-0.25, -0.2) is 0 Å². The van der Waals surface area contributed by atoms with Gasteiger partial charge in [-0.1, -0.05) is 0 Å². The van der Waals surface area contributed by atoms with Crippen molar-refractivity contribution in [1.29, 1.82) is 0 Å². The molecule has 78 valence electrons. The molecule has 0 aromatic carbocycles. The zero-order valence-corrected chi connectivity index (χ0v) is 8.66. The Morgan fingerprint density at radius 2 is 2.50 bits per heavy atom. The highest BCUT2D eigenvalue weighted by Crippen LogP contribution is 2.17. The molecule has 0 amide bonds. The highest BCUT2D eigenvalue weighted by molar-refractivity contribution is 5.72. The third-order valence-corrected chi connectivity index (χ3v) is 2.60. The van der Waals surface area contributed by atoms with E-state index in [1.165, 1.54) is 7.11 Å². The number of nitrogens with zero attached hydrogens (tertiary/aromatic N) is 1. The van der Waals surface area contributed by atoms with Crippen LogP contribution in [-0.4, -0.2) is 37.6 Å². The molecule has 1 atom stereocenters. The van der Waals surface area contributed by atoms with Gasteiger partial charge in [-0.3, -0.25) is 4.79 Å². The Morgan fingerprint density at radius 1 is 1.71 bits per heavy atom. The first-order valence-electron chi connectivity index (χ1n) is 5.01. The van der Waals surface area contributed by atoms with Gasteiger partial charge in [0.2, 0.25) is 0 Å². The van der Waals surface area contributed by atoms with Crippen molar-refractivity contribution in [2.45, 2.75) is 19.3 Å². The van der Waals surface area contributed by atoms with Crippen LogP contribution in [-0.2, 0) is 9.53 Å². The molecule has 3 heteroatoms. The van der Waals surface area contributed by atoms with Crippen LogP contribution in [0.15, 0.2) is 0 Å². The second-order valence-electron chi connectivity index (χ2n) is 3.62. The number of hydrogen-bond acceptors (Lipinski definition) is 3. The molecule has 1 unspecified atom stereocenters. The van der Waals surface area contributed by atoms with Gasteiger partial charge in [0.25, 0.3) is 0 Å². The summed E-state index contributed by atoms with van der Waals surface area (Å²) in [5.41, 5.74) is 0. The number of carbonyl (C=O) groups is 1. The Hall–Kier alpha value is -1.01. The highest BCUT2D eigenvalue weighted by Gasteiger charge is 2.28. The van der Waals surface area contributed by atoms with E-state index in [2.05, 4.69) is 10.8 Å². The highest BCUT2D eigenvalue weighted by atomic mass is 16.5. The lowest BCUT2D eigenvalue weighted by molar-refractivity contribution is -0.144.